The maximum atomic E-state index is 13.0. The molecule has 0 saturated carbocycles. The van der Waals surface area contributed by atoms with Crippen LogP contribution in [0.25, 0.3) is 0 Å². The highest BCUT2D eigenvalue weighted by Crippen LogP contribution is 2.23. The summed E-state index contributed by atoms with van der Waals surface area (Å²) < 4.78 is 11.0. The minimum absolute atomic E-state index is 0.0393. The molecule has 1 amide bonds. The summed E-state index contributed by atoms with van der Waals surface area (Å²) in [5.74, 6) is -0.780. The first-order chi connectivity index (χ1) is 28.7. The second kappa shape index (κ2) is 37.8. The van der Waals surface area contributed by atoms with Crippen molar-refractivity contribution < 1.29 is 50.0 Å². The molecular formula is C48H87NO10. The van der Waals surface area contributed by atoms with Gasteiger partial charge in [-0.1, -0.05) is 159 Å². The molecule has 1 rings (SSSR count). The number of aliphatic hydroxyl groups excluding tert-OH is 7. The molecule has 9 unspecified atom stereocenters. The van der Waals surface area contributed by atoms with Crippen molar-refractivity contribution in [2.24, 2.45) is 0 Å². The summed E-state index contributed by atoms with van der Waals surface area (Å²) in [4.78, 5) is 13.0. The first-order valence-electron chi connectivity index (χ1n) is 23.5. The van der Waals surface area contributed by atoms with Crippen molar-refractivity contribution >= 4 is 5.91 Å². The first kappa shape index (κ1) is 55.1. The number of hydrogen-bond acceptors (Lipinski definition) is 10. The number of unbranched alkanes of at least 4 members (excludes halogenated alkanes) is 19. The second-order valence-electron chi connectivity index (χ2n) is 16.5. The number of hydrogen-bond donors (Lipinski definition) is 8. The average Bonchev–Trinajstić information content (AvgIpc) is 3.23. The number of carbonyl (C=O) groups excluding carboxylic acids is 1. The summed E-state index contributed by atoms with van der Waals surface area (Å²) in [6, 6.07) is -1.22. The van der Waals surface area contributed by atoms with Crippen LogP contribution >= 0.6 is 0 Å². The predicted molar refractivity (Wildman–Crippen MR) is 238 cm³/mol. The van der Waals surface area contributed by atoms with Gasteiger partial charge in [-0.05, 0) is 64.2 Å². The van der Waals surface area contributed by atoms with E-state index in [4.69, 9.17) is 9.47 Å². The summed E-state index contributed by atoms with van der Waals surface area (Å²) >= 11 is 0. The van der Waals surface area contributed by atoms with Crippen LogP contribution in [0.4, 0.5) is 0 Å². The van der Waals surface area contributed by atoms with Crippen LogP contribution in [0.3, 0.4) is 0 Å². The van der Waals surface area contributed by atoms with E-state index in [0.29, 0.717) is 19.3 Å². The van der Waals surface area contributed by atoms with E-state index in [1.165, 1.54) is 109 Å². The Kier molecular flexibility index (Phi) is 35.3. The molecule has 8 N–H and O–H groups in total. The summed E-state index contributed by atoms with van der Waals surface area (Å²) in [6.07, 6.45) is 33.3. The van der Waals surface area contributed by atoms with Gasteiger partial charge in [0.2, 0.25) is 5.91 Å². The van der Waals surface area contributed by atoms with Crippen molar-refractivity contribution in [1.29, 1.82) is 0 Å². The molecule has 9 atom stereocenters. The monoisotopic (exact) mass is 838 g/mol. The number of allylic oxidation sites excluding steroid dienone is 7. The van der Waals surface area contributed by atoms with Gasteiger partial charge in [-0.2, -0.15) is 0 Å². The van der Waals surface area contributed by atoms with E-state index in [1.807, 2.05) is 6.08 Å². The van der Waals surface area contributed by atoms with Crippen LogP contribution in [0.15, 0.2) is 48.6 Å². The molecule has 1 aliphatic rings. The third kappa shape index (κ3) is 27.6. The molecule has 1 aliphatic heterocycles. The van der Waals surface area contributed by atoms with E-state index >= 15 is 0 Å². The molecule has 1 fully saturated rings. The van der Waals surface area contributed by atoms with Crippen LogP contribution in [-0.4, -0.2) is 110 Å². The van der Waals surface area contributed by atoms with Gasteiger partial charge in [-0.15, -0.1) is 0 Å². The van der Waals surface area contributed by atoms with Gasteiger partial charge in [0.25, 0.3) is 0 Å². The zero-order valence-corrected chi connectivity index (χ0v) is 37.0. The number of aliphatic hydroxyl groups is 7. The van der Waals surface area contributed by atoms with Gasteiger partial charge in [0.1, 0.15) is 36.6 Å². The molecule has 0 bridgehead atoms. The lowest BCUT2D eigenvalue weighted by atomic mass is 9.99. The van der Waals surface area contributed by atoms with Gasteiger partial charge in [-0.25, -0.2) is 0 Å². The van der Waals surface area contributed by atoms with E-state index < -0.39 is 74.2 Å². The fraction of sp³-hybridized carbons (Fsp3) is 0.812. The summed E-state index contributed by atoms with van der Waals surface area (Å²) in [5, 5.41) is 75.4. The van der Waals surface area contributed by atoms with E-state index in [-0.39, 0.29) is 12.8 Å². The van der Waals surface area contributed by atoms with Crippen molar-refractivity contribution in [1.82, 2.24) is 5.32 Å². The molecular weight excluding hydrogens is 751 g/mol. The van der Waals surface area contributed by atoms with Crippen molar-refractivity contribution in [2.75, 3.05) is 13.2 Å². The molecule has 0 aromatic carbocycles. The lowest BCUT2D eigenvalue weighted by molar-refractivity contribution is -0.303. The number of ether oxygens (including phenoxy) is 2. The Morgan fingerprint density at radius 2 is 1.08 bits per heavy atom. The average molecular weight is 838 g/mol. The largest absolute Gasteiger partial charge is 0.394 e. The van der Waals surface area contributed by atoms with Crippen LogP contribution in [0.5, 0.6) is 0 Å². The fourth-order valence-corrected chi connectivity index (χ4v) is 7.15. The Bertz CT molecular complexity index is 1100. The smallest absolute Gasteiger partial charge is 0.249 e. The highest BCUT2D eigenvalue weighted by molar-refractivity contribution is 5.81. The molecule has 0 aromatic heterocycles. The number of rotatable bonds is 38. The molecule has 11 heteroatoms. The Hall–Kier alpha value is -1.93. The van der Waals surface area contributed by atoms with Crippen LogP contribution < -0.4 is 5.32 Å². The standard InChI is InChI=1S/C48H87NO10/c1-3-5-7-9-11-13-15-17-18-19-20-21-22-23-24-26-27-29-31-33-35-40(51)43(53)39(38-58-48-46(56)45(55)44(54)42(37-50)59-48)49-47(57)41(52)36-34-32-30-28-25-16-14-12-10-8-6-4-2/h22-23,25,27-29,32,34,39-46,48,50-56H,3-21,24,26,30-31,33,35-38H2,1-2H3,(H,49,57)/b23-22+,28-25-,29-27+,34-32-. The summed E-state index contributed by atoms with van der Waals surface area (Å²) in [7, 11) is 0. The van der Waals surface area contributed by atoms with Gasteiger partial charge >= 0.3 is 0 Å². The van der Waals surface area contributed by atoms with Crippen molar-refractivity contribution in [3.8, 4) is 0 Å². The third-order valence-electron chi connectivity index (χ3n) is 11.1. The Labute approximate surface area is 358 Å². The van der Waals surface area contributed by atoms with Gasteiger partial charge in [-0.3, -0.25) is 4.79 Å². The molecule has 1 saturated heterocycles. The lowest BCUT2D eigenvalue weighted by Gasteiger charge is -2.40. The zero-order valence-electron chi connectivity index (χ0n) is 37.0. The molecule has 11 nitrogen and oxygen atoms in total. The minimum atomic E-state index is -1.68. The SMILES string of the molecule is CCCCCCCC/C=C\C/C=C\CC(O)C(=O)NC(COC1OC(CO)C(O)C(O)C1O)C(O)C(O)CCC/C=C/CC/C=C/CCCCCCCCCCCCC. The fourth-order valence-electron chi connectivity index (χ4n) is 7.15. The summed E-state index contributed by atoms with van der Waals surface area (Å²) in [6.45, 7) is 3.36. The highest BCUT2D eigenvalue weighted by atomic mass is 16.7. The molecule has 0 spiro atoms. The minimum Gasteiger partial charge on any atom is -0.394 e. The van der Waals surface area contributed by atoms with Crippen LogP contribution in [0.1, 0.15) is 181 Å². The zero-order chi connectivity index (χ0) is 43.4. The quantitative estimate of drug-likeness (QED) is 0.0225. The molecule has 59 heavy (non-hydrogen) atoms. The first-order valence-corrected chi connectivity index (χ1v) is 23.5. The van der Waals surface area contributed by atoms with E-state index in [0.717, 1.165) is 25.7 Å². The molecule has 0 aromatic rings. The Morgan fingerprint density at radius 3 is 1.63 bits per heavy atom. The topological polar surface area (TPSA) is 189 Å². The van der Waals surface area contributed by atoms with Crippen LogP contribution in [0, 0.1) is 0 Å². The lowest BCUT2D eigenvalue weighted by Crippen LogP contribution is -2.60. The van der Waals surface area contributed by atoms with Gasteiger partial charge in [0, 0.05) is 6.42 Å². The normalized spacial score (nSPS) is 22.2. The van der Waals surface area contributed by atoms with E-state index in [1.54, 1.807) is 6.08 Å². The number of nitrogens with one attached hydrogen (secondary N) is 1. The number of amides is 1. The highest BCUT2D eigenvalue weighted by Gasteiger charge is 2.44. The number of carbonyl (C=O) groups is 1. The van der Waals surface area contributed by atoms with Crippen LogP contribution in [-0.2, 0) is 14.3 Å². The summed E-state index contributed by atoms with van der Waals surface area (Å²) in [5.41, 5.74) is 0. The van der Waals surface area contributed by atoms with Gasteiger partial charge in [0.15, 0.2) is 6.29 Å². The Balaban J connectivity index is 2.50. The molecule has 0 aliphatic carbocycles. The second-order valence-corrected chi connectivity index (χ2v) is 16.5. The predicted octanol–water partition coefficient (Wildman–Crippen LogP) is 7.78. The van der Waals surface area contributed by atoms with E-state index in [2.05, 4.69) is 55.6 Å². The van der Waals surface area contributed by atoms with Gasteiger partial charge in [0.05, 0.1) is 25.4 Å². The van der Waals surface area contributed by atoms with Crippen molar-refractivity contribution in [3.63, 3.8) is 0 Å². The maximum absolute atomic E-state index is 13.0. The molecule has 1 heterocycles. The van der Waals surface area contributed by atoms with Crippen molar-refractivity contribution in [2.45, 2.75) is 236 Å². The van der Waals surface area contributed by atoms with Crippen molar-refractivity contribution in [3.05, 3.63) is 48.6 Å². The molecule has 344 valence electrons. The third-order valence-corrected chi connectivity index (χ3v) is 11.1. The Morgan fingerprint density at radius 1 is 0.610 bits per heavy atom. The maximum Gasteiger partial charge on any atom is 0.249 e. The molecule has 0 radical (unpaired) electrons. The van der Waals surface area contributed by atoms with Gasteiger partial charge < -0.3 is 50.5 Å². The van der Waals surface area contributed by atoms with Crippen LogP contribution in [0.2, 0.25) is 0 Å². The van der Waals surface area contributed by atoms with E-state index in [9.17, 15) is 40.5 Å².